The van der Waals surface area contributed by atoms with Crippen LogP contribution in [0.15, 0.2) is 18.2 Å². The molecule has 0 aliphatic heterocycles. The van der Waals surface area contributed by atoms with Crippen LogP contribution < -0.4 is 10.6 Å². The third-order valence-electron chi connectivity index (χ3n) is 2.73. The summed E-state index contributed by atoms with van der Waals surface area (Å²) in [5.74, 6) is 1.42. The molecule has 1 atom stereocenters. The molecule has 1 unspecified atom stereocenters. The molecule has 0 aliphatic rings. The van der Waals surface area contributed by atoms with Crippen LogP contribution in [0.4, 0.5) is 10.5 Å². The highest BCUT2D eigenvalue weighted by Gasteiger charge is 2.13. The van der Waals surface area contributed by atoms with Crippen molar-refractivity contribution in [3.63, 3.8) is 0 Å². The summed E-state index contributed by atoms with van der Waals surface area (Å²) in [6.45, 7) is 3.50. The van der Waals surface area contributed by atoms with Gasteiger partial charge in [0, 0.05) is 5.69 Å². The third kappa shape index (κ3) is 3.75. The molecule has 5 heteroatoms. The van der Waals surface area contributed by atoms with E-state index >= 15 is 0 Å². The van der Waals surface area contributed by atoms with E-state index in [4.69, 9.17) is 11.5 Å². The summed E-state index contributed by atoms with van der Waals surface area (Å²) in [6, 6.07) is 3.90. The Bertz CT molecular complexity index is 532. The highest BCUT2D eigenvalue weighted by atomic mass is 16.4. The number of amides is 2. The number of carboxylic acids is 1. The minimum atomic E-state index is -1.03. The molecule has 19 heavy (non-hydrogen) atoms. The number of benzene rings is 1. The Morgan fingerprint density at radius 3 is 2.68 bits per heavy atom. The highest BCUT2D eigenvalue weighted by molar-refractivity contribution is 5.95. The van der Waals surface area contributed by atoms with Crippen molar-refractivity contribution in [1.82, 2.24) is 5.32 Å². The van der Waals surface area contributed by atoms with Crippen LogP contribution in [0.3, 0.4) is 0 Å². The number of carbonyl (C=O) groups is 2. The number of carboxylic acid groups (broad SMARTS) is 1. The van der Waals surface area contributed by atoms with Crippen LogP contribution in [-0.4, -0.2) is 23.1 Å². The normalized spacial score (nSPS) is 11.2. The molecular formula is C14H16N2O3. The van der Waals surface area contributed by atoms with Crippen molar-refractivity contribution in [1.29, 1.82) is 0 Å². The Morgan fingerprint density at radius 2 is 2.16 bits per heavy atom. The predicted octanol–water partition coefficient (Wildman–Crippen LogP) is 2.23. The zero-order valence-corrected chi connectivity index (χ0v) is 10.9. The smallest absolute Gasteiger partial charge is 0.336 e. The Hall–Kier alpha value is -2.48. The maximum Gasteiger partial charge on any atom is 0.336 e. The van der Waals surface area contributed by atoms with Gasteiger partial charge in [-0.25, -0.2) is 9.59 Å². The minimum absolute atomic E-state index is 0.154. The van der Waals surface area contributed by atoms with Gasteiger partial charge in [-0.2, -0.15) is 0 Å². The molecule has 5 nitrogen and oxygen atoms in total. The molecule has 0 saturated carbocycles. The fourth-order valence-corrected chi connectivity index (χ4v) is 1.58. The Morgan fingerprint density at radius 1 is 1.47 bits per heavy atom. The molecule has 100 valence electrons. The summed E-state index contributed by atoms with van der Waals surface area (Å²) in [5, 5.41) is 14.2. The van der Waals surface area contributed by atoms with Crippen LogP contribution in [0.5, 0.6) is 0 Å². The van der Waals surface area contributed by atoms with Crippen LogP contribution in [0, 0.1) is 19.3 Å². The average molecular weight is 260 g/mol. The van der Waals surface area contributed by atoms with E-state index in [0.29, 0.717) is 17.7 Å². The molecule has 1 aromatic rings. The lowest BCUT2D eigenvalue weighted by Gasteiger charge is -2.14. The maximum absolute atomic E-state index is 11.7. The number of anilines is 1. The van der Waals surface area contributed by atoms with Crippen molar-refractivity contribution in [3.8, 4) is 12.3 Å². The van der Waals surface area contributed by atoms with Crippen molar-refractivity contribution in [2.24, 2.45) is 0 Å². The van der Waals surface area contributed by atoms with Crippen molar-refractivity contribution in [2.75, 3.05) is 5.32 Å². The Kier molecular flexibility index (Phi) is 4.95. The summed E-state index contributed by atoms with van der Waals surface area (Å²) in [4.78, 5) is 22.7. The zero-order chi connectivity index (χ0) is 14.4. The Balaban J connectivity index is 2.83. The van der Waals surface area contributed by atoms with Crippen LogP contribution in [0.1, 0.15) is 29.3 Å². The van der Waals surface area contributed by atoms with Gasteiger partial charge in [0.25, 0.3) is 0 Å². The summed E-state index contributed by atoms with van der Waals surface area (Å²) < 4.78 is 0. The summed E-state index contributed by atoms with van der Waals surface area (Å²) >= 11 is 0. The van der Waals surface area contributed by atoms with Crippen LogP contribution in [0.2, 0.25) is 0 Å². The lowest BCUT2D eigenvalue weighted by atomic mass is 10.1. The van der Waals surface area contributed by atoms with Gasteiger partial charge in [-0.1, -0.05) is 18.9 Å². The summed E-state index contributed by atoms with van der Waals surface area (Å²) in [7, 11) is 0. The minimum Gasteiger partial charge on any atom is -0.478 e. The molecule has 1 rings (SSSR count). The molecule has 0 aliphatic carbocycles. The number of urea groups is 1. The number of rotatable bonds is 4. The second-order valence-electron chi connectivity index (χ2n) is 4.01. The average Bonchev–Trinajstić information content (AvgIpc) is 2.38. The van der Waals surface area contributed by atoms with E-state index in [1.807, 2.05) is 6.92 Å². The number of nitrogens with one attached hydrogen (secondary N) is 2. The number of terminal acetylenes is 1. The van der Waals surface area contributed by atoms with Gasteiger partial charge in [0.1, 0.15) is 0 Å². The molecule has 0 spiro atoms. The van der Waals surface area contributed by atoms with E-state index in [-0.39, 0.29) is 11.6 Å². The van der Waals surface area contributed by atoms with Gasteiger partial charge >= 0.3 is 12.0 Å². The van der Waals surface area contributed by atoms with Crippen molar-refractivity contribution in [3.05, 3.63) is 29.3 Å². The highest BCUT2D eigenvalue weighted by Crippen LogP contribution is 2.18. The lowest BCUT2D eigenvalue weighted by molar-refractivity contribution is 0.0696. The van der Waals surface area contributed by atoms with Crippen molar-refractivity contribution < 1.29 is 14.7 Å². The standard InChI is InChI=1S/C14H16N2O3/c1-4-10(5-2)15-14(19)16-12-8-6-7-11(9(12)3)13(17)18/h1,6-8,10H,5H2,2-3H3,(H,17,18)(H2,15,16,19). The van der Waals surface area contributed by atoms with Gasteiger partial charge in [0.05, 0.1) is 11.6 Å². The summed E-state index contributed by atoms with van der Waals surface area (Å²) in [6.07, 6.45) is 5.87. The molecule has 0 radical (unpaired) electrons. The SMILES string of the molecule is C#CC(CC)NC(=O)Nc1cccc(C(=O)O)c1C. The second-order valence-corrected chi connectivity index (χ2v) is 4.01. The van der Waals surface area contributed by atoms with E-state index in [2.05, 4.69) is 16.6 Å². The van der Waals surface area contributed by atoms with E-state index in [9.17, 15) is 9.59 Å². The first-order valence-electron chi connectivity index (χ1n) is 5.86. The molecule has 0 saturated heterocycles. The monoisotopic (exact) mass is 260 g/mol. The molecule has 1 aromatic carbocycles. The van der Waals surface area contributed by atoms with E-state index < -0.39 is 12.0 Å². The Labute approximate surface area is 112 Å². The first kappa shape index (κ1) is 14.6. The molecule has 2 amide bonds. The summed E-state index contributed by atoms with van der Waals surface area (Å²) in [5.41, 5.74) is 1.10. The topological polar surface area (TPSA) is 78.4 Å². The molecule has 0 bridgehead atoms. The second kappa shape index (κ2) is 6.45. The molecule has 3 N–H and O–H groups in total. The van der Waals surface area contributed by atoms with E-state index in [1.54, 1.807) is 19.1 Å². The molecule has 0 fully saturated rings. The zero-order valence-electron chi connectivity index (χ0n) is 10.9. The van der Waals surface area contributed by atoms with Gasteiger partial charge in [0.15, 0.2) is 0 Å². The van der Waals surface area contributed by atoms with Crippen LogP contribution in [0.25, 0.3) is 0 Å². The van der Waals surface area contributed by atoms with E-state index in [0.717, 1.165) is 0 Å². The van der Waals surface area contributed by atoms with Gasteiger partial charge in [0.2, 0.25) is 0 Å². The largest absolute Gasteiger partial charge is 0.478 e. The maximum atomic E-state index is 11.7. The van der Waals surface area contributed by atoms with Gasteiger partial charge < -0.3 is 15.7 Å². The number of hydrogen-bond donors (Lipinski definition) is 3. The lowest BCUT2D eigenvalue weighted by Crippen LogP contribution is -2.36. The predicted molar refractivity (Wildman–Crippen MR) is 73.2 cm³/mol. The third-order valence-corrected chi connectivity index (χ3v) is 2.73. The molecular weight excluding hydrogens is 244 g/mol. The molecule has 0 heterocycles. The van der Waals surface area contributed by atoms with Gasteiger partial charge in [-0.15, -0.1) is 6.42 Å². The molecule has 0 aromatic heterocycles. The fourth-order valence-electron chi connectivity index (χ4n) is 1.58. The van der Waals surface area contributed by atoms with Crippen molar-refractivity contribution in [2.45, 2.75) is 26.3 Å². The number of carbonyl (C=O) groups excluding carboxylic acids is 1. The van der Waals surface area contributed by atoms with Crippen molar-refractivity contribution >= 4 is 17.7 Å². The number of hydrogen-bond acceptors (Lipinski definition) is 2. The van der Waals surface area contributed by atoms with E-state index in [1.165, 1.54) is 6.07 Å². The van der Waals surface area contributed by atoms with Gasteiger partial charge in [-0.3, -0.25) is 0 Å². The van der Waals surface area contributed by atoms with Gasteiger partial charge in [-0.05, 0) is 31.0 Å². The van der Waals surface area contributed by atoms with Crippen LogP contribution in [-0.2, 0) is 0 Å². The number of aromatic carboxylic acids is 1. The first-order valence-corrected chi connectivity index (χ1v) is 5.86. The fraction of sp³-hybridized carbons (Fsp3) is 0.286. The first-order chi connectivity index (χ1) is 8.99. The quantitative estimate of drug-likeness (QED) is 0.726. The van der Waals surface area contributed by atoms with Crippen LogP contribution >= 0.6 is 0 Å².